The quantitative estimate of drug-likeness (QED) is 0.513. The van der Waals surface area contributed by atoms with Crippen molar-refractivity contribution < 1.29 is 23.9 Å². The number of aryl methyl sites for hydroxylation is 2. The van der Waals surface area contributed by atoms with Crippen LogP contribution in [-0.2, 0) is 36.7 Å². The van der Waals surface area contributed by atoms with E-state index < -0.39 is 30.5 Å². The van der Waals surface area contributed by atoms with E-state index in [9.17, 15) is 14.4 Å². The van der Waals surface area contributed by atoms with Gasteiger partial charge in [-0.3, -0.25) is 9.59 Å². The molecule has 148 valence electrons. The smallest absolute Gasteiger partial charge is 0.328 e. The van der Waals surface area contributed by atoms with E-state index in [4.69, 9.17) is 9.47 Å². The minimum atomic E-state index is -0.734. The largest absolute Gasteiger partial charge is 0.467 e. The molecule has 1 aliphatic carbocycles. The SMILES string of the molecule is COC(=O)[C@H](CC(C)C)NC(=O)COC(=O)CSc1ccc2c(c1)CCC2. The van der Waals surface area contributed by atoms with Crippen LogP contribution in [0.2, 0.25) is 0 Å². The van der Waals surface area contributed by atoms with Crippen LogP contribution >= 0.6 is 11.8 Å². The monoisotopic (exact) mass is 393 g/mol. The van der Waals surface area contributed by atoms with Gasteiger partial charge in [-0.05, 0) is 54.9 Å². The molecule has 0 saturated carbocycles. The normalized spacial score (nSPS) is 13.8. The van der Waals surface area contributed by atoms with Gasteiger partial charge in [-0.1, -0.05) is 19.9 Å². The second kappa shape index (κ2) is 10.3. The molecule has 0 aliphatic heterocycles. The van der Waals surface area contributed by atoms with E-state index in [0.717, 1.165) is 17.7 Å². The third kappa shape index (κ3) is 6.90. The molecule has 7 heteroatoms. The van der Waals surface area contributed by atoms with Crippen LogP contribution in [0.5, 0.6) is 0 Å². The Morgan fingerprint density at radius 2 is 1.93 bits per heavy atom. The zero-order valence-electron chi connectivity index (χ0n) is 16.1. The second-order valence-corrected chi connectivity index (χ2v) is 8.05. The maximum Gasteiger partial charge on any atom is 0.328 e. The van der Waals surface area contributed by atoms with Crippen molar-refractivity contribution in [2.75, 3.05) is 19.5 Å². The van der Waals surface area contributed by atoms with Crippen molar-refractivity contribution in [2.45, 2.75) is 50.5 Å². The van der Waals surface area contributed by atoms with Crippen LogP contribution in [0.4, 0.5) is 0 Å². The van der Waals surface area contributed by atoms with E-state index in [1.54, 1.807) is 0 Å². The molecule has 0 fully saturated rings. The number of thioether (sulfide) groups is 1. The van der Waals surface area contributed by atoms with Gasteiger partial charge in [0.1, 0.15) is 6.04 Å². The molecule has 1 aromatic carbocycles. The van der Waals surface area contributed by atoms with Gasteiger partial charge < -0.3 is 14.8 Å². The Morgan fingerprint density at radius 3 is 2.63 bits per heavy atom. The summed E-state index contributed by atoms with van der Waals surface area (Å²) in [6.07, 6.45) is 3.86. The lowest BCUT2D eigenvalue weighted by atomic mass is 10.0. The number of rotatable bonds is 9. The fraction of sp³-hybridized carbons (Fsp3) is 0.550. The number of hydrogen-bond donors (Lipinski definition) is 1. The third-order valence-corrected chi connectivity index (χ3v) is 5.29. The molecule has 6 nitrogen and oxygen atoms in total. The van der Waals surface area contributed by atoms with Gasteiger partial charge in [0.25, 0.3) is 5.91 Å². The zero-order valence-corrected chi connectivity index (χ0v) is 16.9. The first-order valence-corrected chi connectivity index (χ1v) is 10.1. The molecule has 0 radical (unpaired) electrons. The number of methoxy groups -OCH3 is 1. The Kier molecular flexibility index (Phi) is 8.16. The fourth-order valence-corrected chi connectivity index (χ4v) is 3.79. The van der Waals surface area contributed by atoms with Gasteiger partial charge in [-0.25, -0.2) is 4.79 Å². The molecular formula is C20H27NO5S. The molecule has 1 amide bonds. The first-order valence-electron chi connectivity index (χ1n) is 9.16. The molecule has 0 bridgehead atoms. The summed E-state index contributed by atoms with van der Waals surface area (Å²) in [5.74, 6) is -1.13. The summed E-state index contributed by atoms with van der Waals surface area (Å²) in [7, 11) is 1.28. The van der Waals surface area contributed by atoms with E-state index in [0.29, 0.717) is 6.42 Å². The summed E-state index contributed by atoms with van der Waals surface area (Å²) in [5, 5.41) is 2.56. The number of ether oxygens (including phenoxy) is 2. The molecule has 27 heavy (non-hydrogen) atoms. The van der Waals surface area contributed by atoms with Crippen molar-refractivity contribution >= 4 is 29.6 Å². The average molecular weight is 394 g/mol. The van der Waals surface area contributed by atoms with Gasteiger partial charge in [0.05, 0.1) is 12.9 Å². The second-order valence-electron chi connectivity index (χ2n) is 7.01. The Balaban J connectivity index is 1.74. The van der Waals surface area contributed by atoms with E-state index in [2.05, 4.69) is 17.4 Å². The number of benzene rings is 1. The van der Waals surface area contributed by atoms with E-state index in [1.165, 1.54) is 36.4 Å². The van der Waals surface area contributed by atoms with Crippen LogP contribution in [0.25, 0.3) is 0 Å². The number of fused-ring (bicyclic) bond motifs is 1. The van der Waals surface area contributed by atoms with Crippen molar-refractivity contribution in [1.82, 2.24) is 5.32 Å². The highest BCUT2D eigenvalue weighted by Crippen LogP contribution is 2.27. The molecule has 0 spiro atoms. The van der Waals surface area contributed by atoms with E-state index >= 15 is 0 Å². The van der Waals surface area contributed by atoms with Crippen molar-refractivity contribution in [3.63, 3.8) is 0 Å². The number of carbonyl (C=O) groups is 3. The molecule has 1 aliphatic rings. The number of nitrogens with one attached hydrogen (secondary N) is 1. The van der Waals surface area contributed by atoms with Crippen LogP contribution in [0.3, 0.4) is 0 Å². The predicted molar refractivity (Wildman–Crippen MR) is 104 cm³/mol. The maximum atomic E-state index is 12.0. The Bertz CT molecular complexity index is 689. The summed E-state index contributed by atoms with van der Waals surface area (Å²) >= 11 is 1.40. The van der Waals surface area contributed by atoms with Gasteiger partial charge in [0, 0.05) is 4.90 Å². The van der Waals surface area contributed by atoms with E-state index in [-0.39, 0.29) is 11.7 Å². The molecule has 2 rings (SSSR count). The van der Waals surface area contributed by atoms with Crippen molar-refractivity contribution in [3.05, 3.63) is 29.3 Å². The number of hydrogen-bond acceptors (Lipinski definition) is 6. The topological polar surface area (TPSA) is 81.7 Å². The van der Waals surface area contributed by atoms with Crippen molar-refractivity contribution in [1.29, 1.82) is 0 Å². The molecule has 0 aromatic heterocycles. The van der Waals surface area contributed by atoms with Crippen LogP contribution < -0.4 is 5.32 Å². The van der Waals surface area contributed by atoms with Crippen LogP contribution in [0, 0.1) is 5.92 Å². The average Bonchev–Trinajstić information content (AvgIpc) is 3.10. The summed E-state index contributed by atoms with van der Waals surface area (Å²) in [5.41, 5.74) is 2.74. The van der Waals surface area contributed by atoms with Gasteiger partial charge >= 0.3 is 11.9 Å². The fourth-order valence-electron chi connectivity index (χ4n) is 3.03. The van der Waals surface area contributed by atoms with Crippen molar-refractivity contribution in [2.24, 2.45) is 5.92 Å². The van der Waals surface area contributed by atoms with Crippen LogP contribution in [-0.4, -0.2) is 43.4 Å². The Morgan fingerprint density at radius 1 is 1.19 bits per heavy atom. The lowest BCUT2D eigenvalue weighted by Crippen LogP contribution is -2.44. The molecule has 0 unspecified atom stereocenters. The highest BCUT2D eigenvalue weighted by molar-refractivity contribution is 8.00. The standard InChI is InChI=1S/C20H27NO5S/c1-13(2)9-17(20(24)25-3)21-18(22)11-26-19(23)12-27-16-8-7-14-5-4-6-15(14)10-16/h7-8,10,13,17H,4-6,9,11-12H2,1-3H3,(H,21,22)/t17-/m0/s1. The highest BCUT2D eigenvalue weighted by atomic mass is 32.2. The number of esters is 2. The molecule has 1 aromatic rings. The summed E-state index contributed by atoms with van der Waals surface area (Å²) in [6.45, 7) is 3.48. The molecular weight excluding hydrogens is 366 g/mol. The Hall–Kier alpha value is -2.02. The minimum absolute atomic E-state index is 0.137. The maximum absolute atomic E-state index is 12.0. The third-order valence-electron chi connectivity index (χ3n) is 4.32. The first kappa shape index (κ1) is 21.3. The van der Waals surface area contributed by atoms with Crippen molar-refractivity contribution in [3.8, 4) is 0 Å². The van der Waals surface area contributed by atoms with Gasteiger partial charge in [0.2, 0.25) is 0 Å². The Labute approximate surface area is 164 Å². The highest BCUT2D eigenvalue weighted by Gasteiger charge is 2.23. The minimum Gasteiger partial charge on any atom is -0.467 e. The molecule has 0 saturated heterocycles. The summed E-state index contributed by atoms with van der Waals surface area (Å²) in [6, 6.07) is 5.52. The number of amides is 1. The van der Waals surface area contributed by atoms with Gasteiger partial charge in [-0.2, -0.15) is 0 Å². The lowest BCUT2D eigenvalue weighted by Gasteiger charge is -2.18. The van der Waals surface area contributed by atoms with Crippen LogP contribution in [0.15, 0.2) is 23.1 Å². The van der Waals surface area contributed by atoms with Gasteiger partial charge in [-0.15, -0.1) is 11.8 Å². The number of carbonyl (C=O) groups excluding carboxylic acids is 3. The molecule has 1 atom stereocenters. The lowest BCUT2D eigenvalue weighted by molar-refractivity contribution is -0.149. The van der Waals surface area contributed by atoms with Gasteiger partial charge in [0.15, 0.2) is 6.61 Å². The first-order chi connectivity index (χ1) is 12.9. The molecule has 1 N–H and O–H groups in total. The molecule has 0 heterocycles. The zero-order chi connectivity index (χ0) is 19.8. The van der Waals surface area contributed by atoms with E-state index in [1.807, 2.05) is 19.9 Å². The summed E-state index contributed by atoms with van der Waals surface area (Å²) in [4.78, 5) is 36.6. The summed E-state index contributed by atoms with van der Waals surface area (Å²) < 4.78 is 9.71. The predicted octanol–water partition coefficient (Wildman–Crippen LogP) is 2.51. The van der Waals surface area contributed by atoms with Crippen LogP contribution in [0.1, 0.15) is 37.8 Å².